The monoisotopic (exact) mass is 374 g/mol. The Morgan fingerprint density at radius 1 is 1.26 bits per heavy atom. The highest BCUT2D eigenvalue weighted by molar-refractivity contribution is 5.13. The molecule has 0 amide bonds. The molecule has 1 aromatic carbocycles. The number of methoxy groups -OCH3 is 1. The lowest BCUT2D eigenvalue weighted by molar-refractivity contribution is -0.0268. The summed E-state index contributed by atoms with van der Waals surface area (Å²) in [4.78, 5) is 0. The van der Waals surface area contributed by atoms with E-state index in [1.807, 2.05) is 18.2 Å². The fraction of sp³-hybridized carbons (Fsp3) is 0.565. The average Bonchev–Trinajstić information content (AvgIpc) is 2.66. The van der Waals surface area contributed by atoms with Gasteiger partial charge in [-0.15, -0.1) is 0 Å². The Morgan fingerprint density at radius 3 is 2.85 bits per heavy atom. The van der Waals surface area contributed by atoms with Gasteiger partial charge in [0.25, 0.3) is 0 Å². The van der Waals surface area contributed by atoms with E-state index in [1.165, 1.54) is 5.56 Å². The van der Waals surface area contributed by atoms with Crippen molar-refractivity contribution < 1.29 is 18.9 Å². The highest BCUT2D eigenvalue weighted by Gasteiger charge is 2.20. The fourth-order valence-electron chi connectivity index (χ4n) is 3.36. The average molecular weight is 375 g/mol. The SMILES string of the molecule is C=C(COCOC)C[C@H](C)C[C@@H]1CC=C[C@@H](CCOCc2ccccc2)O1. The number of hydrogen-bond acceptors (Lipinski definition) is 4. The van der Waals surface area contributed by atoms with Crippen LogP contribution in [0, 0.1) is 5.92 Å². The highest BCUT2D eigenvalue weighted by Crippen LogP contribution is 2.24. The van der Waals surface area contributed by atoms with Gasteiger partial charge in [-0.05, 0) is 30.7 Å². The topological polar surface area (TPSA) is 36.9 Å². The van der Waals surface area contributed by atoms with E-state index in [4.69, 9.17) is 18.9 Å². The Balaban J connectivity index is 1.61. The second-order valence-electron chi connectivity index (χ2n) is 7.34. The molecule has 0 unspecified atom stereocenters. The van der Waals surface area contributed by atoms with Gasteiger partial charge in [0.1, 0.15) is 6.79 Å². The van der Waals surface area contributed by atoms with Gasteiger partial charge in [0.2, 0.25) is 0 Å². The summed E-state index contributed by atoms with van der Waals surface area (Å²) in [5.74, 6) is 0.523. The Hall–Kier alpha value is -1.46. The summed E-state index contributed by atoms with van der Waals surface area (Å²) in [6.07, 6.45) is 8.72. The summed E-state index contributed by atoms with van der Waals surface area (Å²) in [6.45, 7) is 8.59. The predicted octanol–water partition coefficient (Wildman–Crippen LogP) is 4.90. The van der Waals surface area contributed by atoms with Gasteiger partial charge in [0.15, 0.2) is 0 Å². The summed E-state index contributed by atoms with van der Waals surface area (Å²) in [5.41, 5.74) is 2.32. The summed E-state index contributed by atoms with van der Waals surface area (Å²) >= 11 is 0. The lowest BCUT2D eigenvalue weighted by Crippen LogP contribution is -2.27. The van der Waals surface area contributed by atoms with Crippen molar-refractivity contribution in [2.45, 2.75) is 51.4 Å². The molecule has 1 heterocycles. The third-order valence-electron chi connectivity index (χ3n) is 4.58. The van der Waals surface area contributed by atoms with E-state index in [0.29, 0.717) is 32.5 Å². The molecule has 1 aliphatic heterocycles. The first-order valence-corrected chi connectivity index (χ1v) is 9.84. The van der Waals surface area contributed by atoms with Crippen LogP contribution in [0.1, 0.15) is 38.2 Å². The number of ether oxygens (including phenoxy) is 4. The van der Waals surface area contributed by atoms with Crippen molar-refractivity contribution in [1.82, 2.24) is 0 Å². The summed E-state index contributed by atoms with van der Waals surface area (Å²) < 4.78 is 22.3. The molecule has 0 fully saturated rings. The molecule has 3 atom stereocenters. The quantitative estimate of drug-likeness (QED) is 0.280. The lowest BCUT2D eigenvalue weighted by atomic mass is 9.94. The minimum absolute atomic E-state index is 0.153. The van der Waals surface area contributed by atoms with Crippen LogP contribution < -0.4 is 0 Å². The third-order valence-corrected chi connectivity index (χ3v) is 4.58. The second kappa shape index (κ2) is 12.8. The number of hydrogen-bond donors (Lipinski definition) is 0. The van der Waals surface area contributed by atoms with E-state index < -0.39 is 0 Å². The Labute approximate surface area is 164 Å². The van der Waals surface area contributed by atoms with Crippen molar-refractivity contribution >= 4 is 0 Å². The van der Waals surface area contributed by atoms with Crippen LogP contribution in [-0.4, -0.2) is 39.3 Å². The number of benzene rings is 1. The van der Waals surface area contributed by atoms with Gasteiger partial charge in [-0.2, -0.15) is 0 Å². The molecule has 0 saturated carbocycles. The standard InChI is InChI=1S/C23H34O4/c1-19(14-20(2)16-26-18-24-3)15-23-11-7-10-22(27-23)12-13-25-17-21-8-5-4-6-9-21/h4-10,19,22-23H,2,11-18H2,1,3H3/t19-,22-,23-/m0/s1. The maximum atomic E-state index is 6.24. The Morgan fingerprint density at radius 2 is 2.07 bits per heavy atom. The van der Waals surface area contributed by atoms with Crippen LogP contribution >= 0.6 is 0 Å². The van der Waals surface area contributed by atoms with Crippen molar-refractivity contribution in [3.63, 3.8) is 0 Å². The van der Waals surface area contributed by atoms with E-state index in [9.17, 15) is 0 Å². The molecule has 0 radical (unpaired) electrons. The molecule has 1 aromatic rings. The van der Waals surface area contributed by atoms with Gasteiger partial charge in [-0.1, -0.05) is 61.6 Å². The molecule has 0 saturated heterocycles. The molecular formula is C23H34O4. The molecule has 1 aliphatic rings. The van der Waals surface area contributed by atoms with E-state index in [-0.39, 0.29) is 12.2 Å². The maximum absolute atomic E-state index is 6.24. The predicted molar refractivity (Wildman–Crippen MR) is 108 cm³/mol. The molecule has 4 heteroatoms. The molecule has 2 rings (SSSR count). The number of rotatable bonds is 13. The van der Waals surface area contributed by atoms with Gasteiger partial charge < -0.3 is 18.9 Å². The molecule has 0 aliphatic carbocycles. The second-order valence-corrected chi connectivity index (χ2v) is 7.34. The van der Waals surface area contributed by atoms with Gasteiger partial charge in [0, 0.05) is 20.1 Å². The molecule has 4 nitrogen and oxygen atoms in total. The van der Waals surface area contributed by atoms with Gasteiger partial charge in [0.05, 0.1) is 25.4 Å². The van der Waals surface area contributed by atoms with Crippen LogP contribution in [0.2, 0.25) is 0 Å². The zero-order valence-electron chi connectivity index (χ0n) is 16.8. The van der Waals surface area contributed by atoms with E-state index in [0.717, 1.165) is 31.3 Å². The van der Waals surface area contributed by atoms with Crippen molar-refractivity contribution in [2.75, 3.05) is 27.1 Å². The smallest absolute Gasteiger partial charge is 0.146 e. The van der Waals surface area contributed by atoms with Crippen molar-refractivity contribution in [1.29, 1.82) is 0 Å². The van der Waals surface area contributed by atoms with E-state index in [2.05, 4.69) is 37.8 Å². The zero-order chi connectivity index (χ0) is 19.3. The first kappa shape index (κ1) is 21.8. The summed E-state index contributed by atoms with van der Waals surface area (Å²) in [5, 5.41) is 0. The van der Waals surface area contributed by atoms with Crippen molar-refractivity contribution in [3.8, 4) is 0 Å². The summed E-state index contributed by atoms with van der Waals surface area (Å²) in [7, 11) is 1.63. The normalized spacial score (nSPS) is 20.5. The Kier molecular flexibility index (Phi) is 10.4. The lowest BCUT2D eigenvalue weighted by Gasteiger charge is -2.28. The van der Waals surface area contributed by atoms with Crippen molar-refractivity contribution in [2.24, 2.45) is 5.92 Å². The fourth-order valence-corrected chi connectivity index (χ4v) is 3.36. The van der Waals surface area contributed by atoms with Gasteiger partial charge >= 0.3 is 0 Å². The molecule has 150 valence electrons. The minimum atomic E-state index is 0.153. The molecule has 0 aromatic heterocycles. The minimum Gasteiger partial charge on any atom is -0.377 e. The third kappa shape index (κ3) is 9.34. The van der Waals surface area contributed by atoms with Gasteiger partial charge in [-0.3, -0.25) is 0 Å². The van der Waals surface area contributed by atoms with Crippen LogP contribution in [0.3, 0.4) is 0 Å². The van der Waals surface area contributed by atoms with E-state index in [1.54, 1.807) is 7.11 Å². The van der Waals surface area contributed by atoms with Crippen LogP contribution in [0.15, 0.2) is 54.6 Å². The maximum Gasteiger partial charge on any atom is 0.146 e. The van der Waals surface area contributed by atoms with Crippen LogP contribution in [-0.2, 0) is 25.6 Å². The Bertz CT molecular complexity index is 555. The first-order valence-electron chi connectivity index (χ1n) is 9.84. The highest BCUT2D eigenvalue weighted by atomic mass is 16.7. The summed E-state index contributed by atoms with van der Waals surface area (Å²) in [6, 6.07) is 10.3. The molecule has 0 N–H and O–H groups in total. The van der Waals surface area contributed by atoms with Crippen LogP contribution in [0.25, 0.3) is 0 Å². The first-order chi connectivity index (χ1) is 13.2. The molecule has 27 heavy (non-hydrogen) atoms. The van der Waals surface area contributed by atoms with Crippen molar-refractivity contribution in [3.05, 3.63) is 60.2 Å². The molecule has 0 spiro atoms. The zero-order valence-corrected chi connectivity index (χ0v) is 16.8. The largest absolute Gasteiger partial charge is 0.377 e. The molecule has 0 bridgehead atoms. The van der Waals surface area contributed by atoms with Crippen LogP contribution in [0.5, 0.6) is 0 Å². The molecular weight excluding hydrogens is 340 g/mol. The van der Waals surface area contributed by atoms with Crippen LogP contribution in [0.4, 0.5) is 0 Å². The van der Waals surface area contributed by atoms with E-state index >= 15 is 0 Å². The van der Waals surface area contributed by atoms with Gasteiger partial charge in [-0.25, -0.2) is 0 Å².